The maximum absolute atomic E-state index is 15.5. The van der Waals surface area contributed by atoms with Crippen LogP contribution in [0.1, 0.15) is 35.9 Å². The number of carboxylic acid groups (broad SMARTS) is 1. The van der Waals surface area contributed by atoms with Crippen molar-refractivity contribution in [1.29, 1.82) is 0 Å². The van der Waals surface area contributed by atoms with Crippen LogP contribution in [-0.2, 0) is 4.79 Å². The third kappa shape index (κ3) is 6.10. The van der Waals surface area contributed by atoms with Gasteiger partial charge in [-0.15, -0.1) is 11.3 Å². The highest BCUT2D eigenvalue weighted by atomic mass is 35.5. The molecule has 184 valence electrons. The van der Waals surface area contributed by atoms with Crippen LogP contribution in [0.25, 0.3) is 10.9 Å². The van der Waals surface area contributed by atoms with Crippen LogP contribution >= 0.6 is 22.9 Å². The van der Waals surface area contributed by atoms with E-state index in [1.807, 2.05) is 4.90 Å². The number of carbonyl (C=O) groups is 1. The molecule has 0 spiro atoms. The van der Waals surface area contributed by atoms with E-state index in [-0.39, 0.29) is 23.2 Å². The van der Waals surface area contributed by atoms with Crippen molar-refractivity contribution < 1.29 is 23.4 Å². The highest BCUT2D eigenvalue weighted by molar-refractivity contribution is 7.10. The van der Waals surface area contributed by atoms with E-state index in [1.165, 1.54) is 36.1 Å². The number of benzene rings is 1. The third-order valence-electron chi connectivity index (χ3n) is 6.41. The first kappa shape index (κ1) is 25.4. The Bertz CT molecular complexity index is 1270. The molecular weight excluding hydrogens is 494 g/mol. The van der Waals surface area contributed by atoms with E-state index < -0.39 is 18.1 Å². The summed E-state index contributed by atoms with van der Waals surface area (Å²) in [5, 5.41) is 12.1. The van der Waals surface area contributed by atoms with Gasteiger partial charge in [-0.05, 0) is 49.9 Å². The van der Waals surface area contributed by atoms with E-state index in [0.717, 1.165) is 0 Å². The number of alkyl halides is 1. The Balaban J connectivity index is 1.41. The predicted molar refractivity (Wildman–Crippen MR) is 133 cm³/mol. The Morgan fingerprint density at radius 1 is 1.43 bits per heavy atom. The minimum absolute atomic E-state index is 0.150. The van der Waals surface area contributed by atoms with E-state index in [9.17, 15) is 14.3 Å². The van der Waals surface area contributed by atoms with Crippen molar-refractivity contribution in [3.8, 4) is 17.6 Å². The lowest BCUT2D eigenvalue weighted by molar-refractivity contribution is -0.146. The summed E-state index contributed by atoms with van der Waals surface area (Å²) in [4.78, 5) is 18.9. The summed E-state index contributed by atoms with van der Waals surface area (Å²) in [6, 6.07) is 6.62. The van der Waals surface area contributed by atoms with Gasteiger partial charge >= 0.3 is 5.97 Å². The smallest absolute Gasteiger partial charge is 0.308 e. The van der Waals surface area contributed by atoms with Gasteiger partial charge < -0.3 is 9.84 Å². The normalized spacial score (nSPS) is 19.2. The second-order valence-electron chi connectivity index (χ2n) is 8.61. The second kappa shape index (κ2) is 11.3. The maximum Gasteiger partial charge on any atom is 0.308 e. The summed E-state index contributed by atoms with van der Waals surface area (Å²) in [7, 11) is 1.54. The summed E-state index contributed by atoms with van der Waals surface area (Å²) in [5.74, 6) is 4.54. The summed E-state index contributed by atoms with van der Waals surface area (Å²) in [6.07, 6.45) is 1.31. The standard InChI is InChI=1S/C26H25ClF2N2O3S/c1-34-18-5-7-24-20(12-18)25(22(27)13-30-24)23(29)6-4-16-8-10-31(14-21(16)26(32)33)9-2-3-19-11-17(28)15-35-19/h5,7,11-13,15-16,21,23H,4,6,8-10,14H2,1H3,(H,32,33)/t16?,21?,23-/m1/s1. The number of pyridine rings is 1. The molecule has 5 nitrogen and oxygen atoms in total. The Morgan fingerprint density at radius 2 is 2.26 bits per heavy atom. The molecule has 1 aliphatic rings. The molecule has 0 radical (unpaired) electrons. The molecule has 3 atom stereocenters. The lowest BCUT2D eigenvalue weighted by Crippen LogP contribution is -2.44. The first-order chi connectivity index (χ1) is 16.9. The molecule has 0 bridgehead atoms. The fourth-order valence-electron chi connectivity index (χ4n) is 4.57. The zero-order valence-electron chi connectivity index (χ0n) is 19.1. The van der Waals surface area contributed by atoms with Gasteiger partial charge in [-0.25, -0.2) is 8.78 Å². The highest BCUT2D eigenvalue weighted by Crippen LogP contribution is 2.38. The predicted octanol–water partition coefficient (Wildman–Crippen LogP) is 5.96. The molecule has 35 heavy (non-hydrogen) atoms. The topological polar surface area (TPSA) is 62.7 Å². The molecule has 1 saturated heterocycles. The van der Waals surface area contributed by atoms with Crippen molar-refractivity contribution >= 4 is 39.8 Å². The van der Waals surface area contributed by atoms with Crippen molar-refractivity contribution in [1.82, 2.24) is 9.88 Å². The summed E-state index contributed by atoms with van der Waals surface area (Å²) < 4.78 is 33.9. The molecule has 1 fully saturated rings. The number of likely N-dealkylation sites (tertiary alicyclic amines) is 1. The summed E-state index contributed by atoms with van der Waals surface area (Å²) in [5.41, 5.74) is 0.983. The minimum Gasteiger partial charge on any atom is -0.497 e. The monoisotopic (exact) mass is 518 g/mol. The number of hydrogen-bond donors (Lipinski definition) is 1. The quantitative estimate of drug-likeness (QED) is 0.391. The van der Waals surface area contributed by atoms with E-state index in [1.54, 1.807) is 18.2 Å². The Labute approximate surface area is 211 Å². The van der Waals surface area contributed by atoms with E-state index in [0.29, 0.717) is 59.6 Å². The SMILES string of the molecule is COc1ccc2ncc(Cl)c([C@H](F)CCC3CCN(CC#Cc4cc(F)cs4)CC3C(=O)O)c2c1. The van der Waals surface area contributed by atoms with Crippen LogP contribution in [0, 0.1) is 29.5 Å². The molecule has 0 saturated carbocycles. The second-order valence-corrected chi connectivity index (χ2v) is 9.93. The van der Waals surface area contributed by atoms with Crippen LogP contribution in [0.15, 0.2) is 35.8 Å². The van der Waals surface area contributed by atoms with Crippen molar-refractivity contribution in [2.45, 2.75) is 25.4 Å². The van der Waals surface area contributed by atoms with Gasteiger partial charge in [0.15, 0.2) is 0 Å². The van der Waals surface area contributed by atoms with Gasteiger partial charge in [-0.3, -0.25) is 14.7 Å². The zero-order valence-corrected chi connectivity index (χ0v) is 20.7. The fraction of sp³-hybridized carbons (Fsp3) is 0.385. The number of methoxy groups -OCH3 is 1. The summed E-state index contributed by atoms with van der Waals surface area (Å²) >= 11 is 7.57. The van der Waals surface area contributed by atoms with E-state index >= 15 is 4.39 Å². The van der Waals surface area contributed by atoms with Gasteiger partial charge in [-0.2, -0.15) is 0 Å². The van der Waals surface area contributed by atoms with Gasteiger partial charge in [-0.1, -0.05) is 23.4 Å². The Morgan fingerprint density at radius 3 is 2.97 bits per heavy atom. The van der Waals surface area contributed by atoms with Crippen LogP contribution in [0.2, 0.25) is 5.02 Å². The molecule has 3 aromatic rings. The van der Waals surface area contributed by atoms with Crippen molar-refractivity contribution in [2.24, 2.45) is 11.8 Å². The van der Waals surface area contributed by atoms with Crippen LogP contribution in [0.4, 0.5) is 8.78 Å². The van der Waals surface area contributed by atoms with Gasteiger partial charge in [0, 0.05) is 35.1 Å². The largest absolute Gasteiger partial charge is 0.497 e. The van der Waals surface area contributed by atoms with Crippen LogP contribution in [0.5, 0.6) is 5.75 Å². The molecule has 0 aliphatic carbocycles. The minimum atomic E-state index is -1.36. The first-order valence-corrected chi connectivity index (χ1v) is 12.6. The number of aromatic nitrogens is 1. The molecule has 9 heteroatoms. The number of ether oxygens (including phenoxy) is 1. The lowest BCUT2D eigenvalue weighted by atomic mass is 9.81. The average Bonchev–Trinajstić information content (AvgIpc) is 3.27. The molecule has 1 aliphatic heterocycles. The van der Waals surface area contributed by atoms with Crippen LogP contribution in [-0.4, -0.2) is 47.7 Å². The molecule has 1 N–H and O–H groups in total. The number of nitrogens with zero attached hydrogens (tertiary/aromatic N) is 2. The Kier molecular flexibility index (Phi) is 8.22. The van der Waals surface area contributed by atoms with Crippen LogP contribution in [0.3, 0.4) is 0 Å². The number of fused-ring (bicyclic) bond motifs is 1. The Hall–Kier alpha value is -2.73. The fourth-order valence-corrected chi connectivity index (χ4v) is 5.46. The van der Waals surface area contributed by atoms with E-state index in [4.69, 9.17) is 16.3 Å². The molecule has 1 aromatic carbocycles. The van der Waals surface area contributed by atoms with Crippen LogP contribution < -0.4 is 4.74 Å². The number of carboxylic acids is 1. The number of thiophene rings is 1. The molecule has 4 rings (SSSR count). The molecule has 3 heterocycles. The molecular formula is C26H25ClF2N2O3S. The molecule has 0 amide bonds. The number of aliphatic carboxylic acids is 1. The molecule has 2 unspecified atom stereocenters. The van der Waals surface area contributed by atoms with E-state index in [2.05, 4.69) is 16.8 Å². The average molecular weight is 519 g/mol. The van der Waals surface area contributed by atoms with Gasteiger partial charge in [0.1, 0.15) is 17.7 Å². The van der Waals surface area contributed by atoms with Crippen molar-refractivity contribution in [3.63, 3.8) is 0 Å². The van der Waals surface area contributed by atoms with Gasteiger partial charge in [0.2, 0.25) is 0 Å². The van der Waals surface area contributed by atoms with Crippen molar-refractivity contribution in [3.05, 3.63) is 57.1 Å². The first-order valence-electron chi connectivity index (χ1n) is 11.3. The van der Waals surface area contributed by atoms with Gasteiger partial charge in [0.25, 0.3) is 0 Å². The summed E-state index contributed by atoms with van der Waals surface area (Å²) in [6.45, 7) is 1.43. The molecule has 2 aromatic heterocycles. The number of piperidine rings is 1. The number of hydrogen-bond acceptors (Lipinski definition) is 5. The third-order valence-corrected chi connectivity index (χ3v) is 7.53. The van der Waals surface area contributed by atoms with Gasteiger partial charge in [0.05, 0.1) is 35.0 Å². The lowest BCUT2D eigenvalue weighted by Gasteiger charge is -2.36. The van der Waals surface area contributed by atoms with Crippen molar-refractivity contribution in [2.75, 3.05) is 26.7 Å². The maximum atomic E-state index is 15.5. The zero-order chi connectivity index (χ0) is 24.9. The highest BCUT2D eigenvalue weighted by Gasteiger charge is 2.34. The number of rotatable bonds is 7. The number of halogens is 3.